The lowest BCUT2D eigenvalue weighted by Crippen LogP contribution is -2.74. The lowest BCUT2D eigenvalue weighted by atomic mass is 9.24. The molecule has 0 N–H and O–H groups in total. The van der Waals surface area contributed by atoms with Gasteiger partial charge in [-0.1, -0.05) is 41.5 Å². The summed E-state index contributed by atoms with van der Waals surface area (Å²) in [5, 5.41) is 0. The lowest BCUT2D eigenvalue weighted by Gasteiger charge is -2.81. The van der Waals surface area contributed by atoms with Gasteiger partial charge in [0.25, 0.3) is 0 Å². The predicted octanol–water partition coefficient (Wildman–Crippen LogP) is 4.49. The van der Waals surface area contributed by atoms with Gasteiger partial charge in [0.2, 0.25) is 0 Å². The van der Waals surface area contributed by atoms with E-state index in [2.05, 4.69) is 41.5 Å². The summed E-state index contributed by atoms with van der Waals surface area (Å²) in [5.74, 6) is 2.01. The summed E-state index contributed by atoms with van der Waals surface area (Å²) in [4.78, 5) is 0. The predicted molar refractivity (Wildman–Crippen MR) is 64.6 cm³/mol. The Balaban J connectivity index is 2.10. The van der Waals surface area contributed by atoms with E-state index in [4.69, 9.17) is 0 Å². The molecule has 4 unspecified atom stereocenters. The molecule has 15 heavy (non-hydrogen) atoms. The first kappa shape index (κ1) is 10.2. The van der Waals surface area contributed by atoms with Crippen LogP contribution in [0.4, 0.5) is 0 Å². The number of rotatable bonds is 0. The van der Waals surface area contributed by atoms with Crippen molar-refractivity contribution in [3.63, 3.8) is 0 Å². The van der Waals surface area contributed by atoms with Gasteiger partial charge >= 0.3 is 0 Å². The van der Waals surface area contributed by atoms with Crippen molar-refractivity contribution in [2.75, 3.05) is 0 Å². The van der Waals surface area contributed by atoms with E-state index in [-0.39, 0.29) is 0 Å². The van der Waals surface area contributed by atoms with E-state index < -0.39 is 0 Å². The maximum Gasteiger partial charge on any atom is -0.0230 e. The van der Waals surface area contributed by atoms with Crippen LogP contribution in [0.3, 0.4) is 0 Å². The van der Waals surface area contributed by atoms with Crippen LogP contribution in [0.2, 0.25) is 0 Å². The minimum Gasteiger partial charge on any atom is -0.0596 e. The molecule has 5 rings (SSSR count). The highest BCUT2D eigenvalue weighted by Crippen LogP contribution is 2.82. The molecule has 5 fully saturated rings. The summed E-state index contributed by atoms with van der Waals surface area (Å²) in [7, 11) is 0. The zero-order chi connectivity index (χ0) is 11.3. The molecule has 5 saturated carbocycles. The summed E-state index contributed by atoms with van der Waals surface area (Å²) >= 11 is 0. The second-order valence-electron chi connectivity index (χ2n) is 8.58. The molecule has 0 heteroatoms. The van der Waals surface area contributed by atoms with Crippen LogP contribution in [0.1, 0.15) is 60.8 Å². The second-order valence-corrected chi connectivity index (χ2v) is 8.58. The second kappa shape index (κ2) is 2.17. The van der Waals surface area contributed by atoms with Crippen molar-refractivity contribution in [2.45, 2.75) is 60.8 Å². The van der Waals surface area contributed by atoms with Gasteiger partial charge in [-0.3, -0.25) is 0 Å². The average Bonchev–Trinajstić information content (AvgIpc) is 1.97. The van der Waals surface area contributed by atoms with E-state index >= 15 is 0 Å². The van der Waals surface area contributed by atoms with Gasteiger partial charge in [0.05, 0.1) is 0 Å². The topological polar surface area (TPSA) is 0 Å². The molecular weight excluding hydrogens is 180 g/mol. The third-order valence-corrected chi connectivity index (χ3v) is 6.72. The van der Waals surface area contributed by atoms with Crippen LogP contribution in [0.25, 0.3) is 0 Å². The Hall–Kier alpha value is 0. The van der Waals surface area contributed by atoms with Crippen molar-refractivity contribution in [3.05, 3.63) is 0 Å². The highest BCUT2D eigenvalue weighted by Gasteiger charge is 2.75. The summed E-state index contributed by atoms with van der Waals surface area (Å²) in [6, 6.07) is 0. The standard InChI is InChI=1S/C15H26/c1-12(2)8-14(5)7-10-11(12)15(6,9-14)13(10,3)4/h10-11H,7-9H2,1-6H3. The zero-order valence-corrected chi connectivity index (χ0v) is 11.3. The Kier molecular flexibility index (Phi) is 1.47. The Bertz CT molecular complexity index is 322. The number of hydrogen-bond donors (Lipinski definition) is 0. The smallest absolute Gasteiger partial charge is 0.0230 e. The molecule has 86 valence electrons. The molecular formula is C15H26. The molecule has 0 aliphatic heterocycles. The van der Waals surface area contributed by atoms with E-state index in [0.717, 1.165) is 11.8 Å². The van der Waals surface area contributed by atoms with Crippen molar-refractivity contribution in [1.29, 1.82) is 0 Å². The SMILES string of the molecule is CC12CC3C(C(C)(C)C1)C(C)(C2)C3(C)C. The molecule has 0 aromatic rings. The molecule has 0 radical (unpaired) electrons. The fourth-order valence-corrected chi connectivity index (χ4v) is 6.54. The third-order valence-electron chi connectivity index (χ3n) is 6.72. The molecule has 0 amide bonds. The fraction of sp³-hybridized carbons (Fsp3) is 1.00. The molecule has 4 atom stereocenters. The average molecular weight is 206 g/mol. The van der Waals surface area contributed by atoms with Gasteiger partial charge in [-0.2, -0.15) is 0 Å². The highest BCUT2D eigenvalue weighted by molar-refractivity contribution is 5.24. The summed E-state index contributed by atoms with van der Waals surface area (Å²) < 4.78 is 0. The first-order valence-corrected chi connectivity index (χ1v) is 6.63. The zero-order valence-electron chi connectivity index (χ0n) is 11.3. The number of fused-ring (bicyclic) bond motifs is 1. The van der Waals surface area contributed by atoms with Crippen LogP contribution < -0.4 is 0 Å². The first-order chi connectivity index (χ1) is 6.63. The van der Waals surface area contributed by atoms with Crippen molar-refractivity contribution in [3.8, 4) is 0 Å². The van der Waals surface area contributed by atoms with Gasteiger partial charge in [-0.05, 0) is 52.8 Å². The Morgan fingerprint density at radius 2 is 1.47 bits per heavy atom. The Morgan fingerprint density at radius 3 is 1.93 bits per heavy atom. The van der Waals surface area contributed by atoms with Crippen LogP contribution >= 0.6 is 0 Å². The van der Waals surface area contributed by atoms with Gasteiger partial charge in [0.15, 0.2) is 0 Å². The van der Waals surface area contributed by atoms with E-state index in [1.54, 1.807) is 0 Å². The van der Waals surface area contributed by atoms with Gasteiger partial charge in [0.1, 0.15) is 0 Å². The van der Waals surface area contributed by atoms with Crippen molar-refractivity contribution < 1.29 is 0 Å². The van der Waals surface area contributed by atoms with Crippen LogP contribution in [0, 0.1) is 33.5 Å². The first-order valence-electron chi connectivity index (χ1n) is 6.63. The summed E-state index contributed by atoms with van der Waals surface area (Å²) in [6.07, 6.45) is 4.45. The minimum atomic E-state index is 0.597. The molecule has 0 aromatic heterocycles. The van der Waals surface area contributed by atoms with Crippen molar-refractivity contribution in [1.82, 2.24) is 0 Å². The van der Waals surface area contributed by atoms with Crippen molar-refractivity contribution >= 4 is 0 Å². The van der Waals surface area contributed by atoms with E-state index in [9.17, 15) is 0 Å². The molecule has 0 aromatic carbocycles. The normalized spacial score (nSPS) is 58.8. The molecule has 0 saturated heterocycles. The minimum absolute atomic E-state index is 0.597. The van der Waals surface area contributed by atoms with Crippen LogP contribution in [-0.4, -0.2) is 0 Å². The van der Waals surface area contributed by atoms with E-state index in [1.807, 2.05) is 0 Å². The third kappa shape index (κ3) is 0.875. The summed E-state index contributed by atoms with van der Waals surface area (Å²) in [6.45, 7) is 15.2. The molecule has 0 heterocycles. The van der Waals surface area contributed by atoms with Gasteiger partial charge < -0.3 is 0 Å². The Morgan fingerprint density at radius 1 is 0.867 bits per heavy atom. The molecule has 5 aliphatic rings. The maximum absolute atomic E-state index is 2.58. The molecule has 0 spiro atoms. The Labute approximate surface area is 94.8 Å². The van der Waals surface area contributed by atoms with Gasteiger partial charge in [-0.15, -0.1) is 0 Å². The van der Waals surface area contributed by atoms with E-state index in [0.29, 0.717) is 21.7 Å². The van der Waals surface area contributed by atoms with Crippen LogP contribution in [0.15, 0.2) is 0 Å². The van der Waals surface area contributed by atoms with Gasteiger partial charge in [-0.25, -0.2) is 0 Å². The lowest BCUT2D eigenvalue weighted by molar-refractivity contribution is -0.325. The molecule has 0 nitrogen and oxygen atoms in total. The maximum atomic E-state index is 2.58. The van der Waals surface area contributed by atoms with Crippen LogP contribution in [-0.2, 0) is 0 Å². The molecule has 4 bridgehead atoms. The highest BCUT2D eigenvalue weighted by atomic mass is 14.8. The van der Waals surface area contributed by atoms with Crippen LogP contribution in [0.5, 0.6) is 0 Å². The van der Waals surface area contributed by atoms with Gasteiger partial charge in [0, 0.05) is 0 Å². The quantitative estimate of drug-likeness (QED) is 0.547. The monoisotopic (exact) mass is 206 g/mol. The number of hydrogen-bond acceptors (Lipinski definition) is 0. The largest absolute Gasteiger partial charge is 0.0596 e. The van der Waals surface area contributed by atoms with Crippen molar-refractivity contribution in [2.24, 2.45) is 33.5 Å². The summed E-state index contributed by atoms with van der Waals surface area (Å²) in [5.41, 5.74) is 2.49. The fourth-order valence-electron chi connectivity index (χ4n) is 6.54. The molecule has 5 aliphatic carbocycles. The van der Waals surface area contributed by atoms with E-state index in [1.165, 1.54) is 19.3 Å².